The van der Waals surface area contributed by atoms with Crippen molar-refractivity contribution in [1.82, 2.24) is 15.5 Å². The number of anilines is 1. The molecular weight excluding hydrogens is 428 g/mol. The Hall–Kier alpha value is -2.91. The molecule has 2 aromatic carbocycles. The summed E-state index contributed by atoms with van der Waals surface area (Å²) in [6, 6.07) is 15.7. The topological polar surface area (TPSA) is 105 Å². The van der Waals surface area contributed by atoms with Crippen LogP contribution in [0.1, 0.15) is 22.9 Å². The summed E-state index contributed by atoms with van der Waals surface area (Å²) < 4.78 is 29.7. The molecule has 0 spiro atoms. The molecule has 1 N–H and O–H groups in total. The third-order valence-electron chi connectivity index (χ3n) is 4.31. The average molecular weight is 449 g/mol. The van der Waals surface area contributed by atoms with Gasteiger partial charge in [0.05, 0.1) is 4.90 Å². The molecule has 0 fully saturated rings. The van der Waals surface area contributed by atoms with Crippen LogP contribution in [0.25, 0.3) is 0 Å². The molecule has 0 unspecified atom stereocenters. The normalized spacial score (nSPS) is 11.3. The van der Waals surface area contributed by atoms with E-state index in [1.807, 2.05) is 37.4 Å². The first-order chi connectivity index (χ1) is 14.3. The van der Waals surface area contributed by atoms with Gasteiger partial charge in [-0.3, -0.25) is 4.79 Å². The van der Waals surface area contributed by atoms with Crippen LogP contribution < -0.4 is 10.2 Å². The number of amides is 1. The number of aromatic nitrogens is 2. The maximum absolute atomic E-state index is 12.4. The van der Waals surface area contributed by atoms with Gasteiger partial charge in [0.1, 0.15) is 5.75 Å². The van der Waals surface area contributed by atoms with Crippen molar-refractivity contribution in [3.05, 3.63) is 71.3 Å². The number of benzene rings is 2. The summed E-state index contributed by atoms with van der Waals surface area (Å²) in [5, 5.41) is 6.73. The molecule has 158 valence electrons. The van der Waals surface area contributed by atoms with Gasteiger partial charge in [0.15, 0.2) is 15.7 Å². The van der Waals surface area contributed by atoms with E-state index in [1.165, 1.54) is 24.3 Å². The fourth-order valence-electron chi connectivity index (χ4n) is 2.71. The van der Waals surface area contributed by atoms with Crippen molar-refractivity contribution in [2.45, 2.75) is 17.1 Å². The Kier molecular flexibility index (Phi) is 7.07. The van der Waals surface area contributed by atoms with E-state index in [4.69, 9.17) is 16.1 Å². The van der Waals surface area contributed by atoms with Gasteiger partial charge in [-0.05, 0) is 42.8 Å². The molecule has 0 saturated heterocycles. The van der Waals surface area contributed by atoms with Crippen molar-refractivity contribution in [2.24, 2.45) is 0 Å². The lowest BCUT2D eigenvalue weighted by molar-refractivity contribution is 0.0909. The quantitative estimate of drug-likeness (QED) is 0.501. The molecule has 3 aromatic rings. The zero-order chi connectivity index (χ0) is 21.6. The molecule has 8 nitrogen and oxygen atoms in total. The molecule has 1 amide bonds. The smallest absolute Gasteiger partial charge is 0.315 e. The van der Waals surface area contributed by atoms with E-state index in [-0.39, 0.29) is 16.6 Å². The van der Waals surface area contributed by atoms with Crippen LogP contribution in [-0.2, 0) is 15.6 Å². The summed E-state index contributed by atoms with van der Waals surface area (Å²) >= 11 is 5.78. The van der Waals surface area contributed by atoms with Crippen LogP contribution in [0.4, 0.5) is 5.69 Å². The number of carbonyl (C=O) groups excluding carboxylic acids is 1. The van der Waals surface area contributed by atoms with Crippen molar-refractivity contribution in [3.8, 4) is 0 Å². The fraction of sp³-hybridized carbons (Fsp3) is 0.250. The lowest BCUT2D eigenvalue weighted by Crippen LogP contribution is -2.28. The molecule has 0 saturated carbocycles. The Bertz CT molecular complexity index is 1090. The second-order valence-corrected chi connectivity index (χ2v) is 9.02. The number of rotatable bonds is 9. The SMILES string of the molecule is CN(CCCNC(=O)c1nc(CS(=O)(=O)c2ccc(Cl)cc2)no1)c1ccccc1. The number of sulfone groups is 1. The minimum atomic E-state index is -3.68. The molecule has 30 heavy (non-hydrogen) atoms. The van der Waals surface area contributed by atoms with Crippen molar-refractivity contribution in [2.75, 3.05) is 25.0 Å². The number of nitrogens with one attached hydrogen (secondary N) is 1. The maximum atomic E-state index is 12.4. The Morgan fingerprint density at radius 2 is 1.83 bits per heavy atom. The monoisotopic (exact) mass is 448 g/mol. The third kappa shape index (κ3) is 5.80. The van der Waals surface area contributed by atoms with E-state index in [2.05, 4.69) is 20.4 Å². The minimum Gasteiger partial charge on any atom is -0.375 e. The predicted octanol–water partition coefficient (Wildman–Crippen LogP) is 2.95. The van der Waals surface area contributed by atoms with Gasteiger partial charge in [0.25, 0.3) is 0 Å². The van der Waals surface area contributed by atoms with Gasteiger partial charge in [0, 0.05) is 30.8 Å². The third-order valence-corrected chi connectivity index (χ3v) is 6.19. The van der Waals surface area contributed by atoms with Crippen LogP contribution in [0.5, 0.6) is 0 Å². The number of nitrogens with zero attached hydrogens (tertiary/aromatic N) is 3. The van der Waals surface area contributed by atoms with Crippen LogP contribution in [0, 0.1) is 0 Å². The first-order valence-corrected chi connectivity index (χ1v) is 11.2. The second kappa shape index (κ2) is 9.73. The molecule has 0 bridgehead atoms. The highest BCUT2D eigenvalue weighted by Gasteiger charge is 2.21. The van der Waals surface area contributed by atoms with E-state index in [1.54, 1.807) is 0 Å². The summed E-state index contributed by atoms with van der Waals surface area (Å²) in [5.41, 5.74) is 1.09. The van der Waals surface area contributed by atoms with Crippen LogP contribution in [-0.4, -0.2) is 44.6 Å². The standard InChI is InChI=1S/C20H21ClN4O4S/c1-25(16-6-3-2-4-7-16)13-5-12-22-19(26)20-23-18(24-29-20)14-30(27,28)17-10-8-15(21)9-11-17/h2-4,6-11H,5,12-14H2,1H3,(H,22,26). The van der Waals surface area contributed by atoms with Crippen LogP contribution in [0.3, 0.4) is 0 Å². The Labute approximate surface area is 179 Å². The Morgan fingerprint density at radius 3 is 2.53 bits per heavy atom. The highest BCUT2D eigenvalue weighted by molar-refractivity contribution is 7.90. The second-order valence-electron chi connectivity index (χ2n) is 6.60. The van der Waals surface area contributed by atoms with Crippen LogP contribution >= 0.6 is 11.6 Å². The van der Waals surface area contributed by atoms with E-state index in [0.717, 1.165) is 12.2 Å². The van der Waals surface area contributed by atoms with Gasteiger partial charge in [-0.1, -0.05) is 35.0 Å². The van der Waals surface area contributed by atoms with Crippen LogP contribution in [0.15, 0.2) is 64.0 Å². The summed E-state index contributed by atoms with van der Waals surface area (Å²) in [4.78, 5) is 18.2. The predicted molar refractivity (Wildman–Crippen MR) is 113 cm³/mol. The van der Waals surface area contributed by atoms with E-state index >= 15 is 0 Å². The number of carbonyl (C=O) groups is 1. The van der Waals surface area contributed by atoms with E-state index in [9.17, 15) is 13.2 Å². The molecule has 0 aliphatic heterocycles. The Morgan fingerprint density at radius 1 is 1.13 bits per heavy atom. The Balaban J connectivity index is 1.49. The number of hydrogen-bond acceptors (Lipinski definition) is 7. The molecule has 0 atom stereocenters. The molecule has 1 heterocycles. The lowest BCUT2D eigenvalue weighted by Gasteiger charge is -2.18. The lowest BCUT2D eigenvalue weighted by atomic mass is 10.3. The van der Waals surface area contributed by atoms with Crippen molar-refractivity contribution in [1.29, 1.82) is 0 Å². The van der Waals surface area contributed by atoms with Gasteiger partial charge >= 0.3 is 11.8 Å². The van der Waals surface area contributed by atoms with Crippen molar-refractivity contribution < 1.29 is 17.7 Å². The molecule has 1 aromatic heterocycles. The van der Waals surface area contributed by atoms with Crippen LogP contribution in [0.2, 0.25) is 5.02 Å². The summed E-state index contributed by atoms with van der Waals surface area (Å²) in [6.45, 7) is 1.16. The van der Waals surface area contributed by atoms with Gasteiger partial charge in [-0.25, -0.2) is 8.42 Å². The van der Waals surface area contributed by atoms with E-state index < -0.39 is 21.5 Å². The molecule has 0 aliphatic rings. The molecule has 0 radical (unpaired) electrons. The van der Waals surface area contributed by atoms with E-state index in [0.29, 0.717) is 18.0 Å². The van der Waals surface area contributed by atoms with Crippen molar-refractivity contribution >= 4 is 33.0 Å². The average Bonchev–Trinajstić information content (AvgIpc) is 3.19. The first kappa shape index (κ1) is 21.8. The van der Waals surface area contributed by atoms with Gasteiger partial charge in [-0.2, -0.15) is 4.98 Å². The zero-order valence-corrected chi connectivity index (χ0v) is 17.9. The van der Waals surface area contributed by atoms with Crippen molar-refractivity contribution in [3.63, 3.8) is 0 Å². The highest BCUT2D eigenvalue weighted by Crippen LogP contribution is 2.18. The van der Waals surface area contributed by atoms with Gasteiger partial charge in [0.2, 0.25) is 0 Å². The van der Waals surface area contributed by atoms with Gasteiger partial charge in [-0.15, -0.1) is 0 Å². The summed E-state index contributed by atoms with van der Waals surface area (Å²) in [5.74, 6) is -1.38. The molecule has 10 heteroatoms. The molecular formula is C20H21ClN4O4S. The number of hydrogen-bond donors (Lipinski definition) is 1. The van der Waals surface area contributed by atoms with Gasteiger partial charge < -0.3 is 14.7 Å². The fourth-order valence-corrected chi connectivity index (χ4v) is 4.01. The maximum Gasteiger partial charge on any atom is 0.315 e. The number of para-hydroxylation sites is 1. The summed E-state index contributed by atoms with van der Waals surface area (Å²) in [7, 11) is -1.71. The first-order valence-electron chi connectivity index (χ1n) is 9.20. The minimum absolute atomic E-state index is 0.0843. The summed E-state index contributed by atoms with van der Waals surface area (Å²) in [6.07, 6.45) is 0.711. The largest absolute Gasteiger partial charge is 0.375 e. The zero-order valence-electron chi connectivity index (χ0n) is 16.3. The molecule has 3 rings (SSSR count). The highest BCUT2D eigenvalue weighted by atomic mass is 35.5. The molecule has 0 aliphatic carbocycles. The number of halogens is 1.